The van der Waals surface area contributed by atoms with Gasteiger partial charge in [0.05, 0.1) is 32.0 Å². The molecule has 2 fully saturated rings. The van der Waals surface area contributed by atoms with Crippen LogP contribution in [-0.2, 0) is 23.7 Å². The fraction of sp³-hybridized carbons (Fsp3) is 0.790. The summed E-state index contributed by atoms with van der Waals surface area (Å²) in [7, 11) is 0. The van der Waals surface area contributed by atoms with Crippen molar-refractivity contribution in [2.75, 3.05) is 19.8 Å². The van der Waals surface area contributed by atoms with E-state index in [9.17, 15) is 45.6 Å². The number of carbonyl (C=O) groups is 1. The number of aliphatic hydroxyl groups excluding tert-OH is 8. The van der Waals surface area contributed by atoms with Crippen molar-refractivity contribution in [1.29, 1.82) is 0 Å². The second kappa shape index (κ2) is 64.3. The Labute approximate surface area is 579 Å². The molecule has 12 unspecified atom stereocenters. The van der Waals surface area contributed by atoms with Gasteiger partial charge in [-0.3, -0.25) is 4.79 Å². The lowest BCUT2D eigenvalue weighted by atomic mass is 9.97. The SMILES string of the molecule is CC/C=C\C/C=C\C/C=C\C/C=C\C/C=C\CCCCCCCCCCCCCCCCCC(=O)NC(COC1OC(CO)C(OC2OC(CO)C(O)C(O)C2O)C(O)C1O)C(O)/C=C/CC/C=C/CC/C=C/CCCCCCCCCCCCCCCCCCCCCC. The van der Waals surface area contributed by atoms with Crippen LogP contribution in [0.3, 0.4) is 0 Å². The maximum absolute atomic E-state index is 13.4. The summed E-state index contributed by atoms with van der Waals surface area (Å²) in [5.41, 5.74) is 0. The Balaban J connectivity index is 1.66. The van der Waals surface area contributed by atoms with Crippen LogP contribution in [0, 0.1) is 0 Å². The second-order valence-corrected chi connectivity index (χ2v) is 27.1. The number of unbranched alkanes of at least 4 members (excludes halogenated alkanes) is 37. The molecule has 14 nitrogen and oxygen atoms in total. The Morgan fingerprint density at radius 1 is 0.389 bits per heavy atom. The van der Waals surface area contributed by atoms with Crippen LogP contribution in [0.15, 0.2) is 97.2 Å². The molecule has 2 heterocycles. The molecule has 0 bridgehead atoms. The van der Waals surface area contributed by atoms with Gasteiger partial charge in [0, 0.05) is 6.42 Å². The third-order valence-electron chi connectivity index (χ3n) is 18.5. The molecule has 0 aromatic heterocycles. The van der Waals surface area contributed by atoms with Gasteiger partial charge in [0.1, 0.15) is 48.8 Å². The molecular weight excluding hydrogens is 1190 g/mol. The smallest absolute Gasteiger partial charge is 0.220 e. The standard InChI is InChI=1S/C81H143NO13/c1-3-5-7-9-11-13-15-17-19-21-23-25-27-29-31-33-35-37-39-41-43-45-47-49-51-53-55-57-59-61-63-65-73(86)82-69(68-92-80-78(91)76(89)79(72(67-84)94-80)95-81-77(90)75(88)74(87)71(66-83)93-81)70(85)64-62-60-58-56-54-52-50-48-46-44-42-40-38-36-34-32-30-28-26-24-22-20-18-16-14-12-10-8-6-4-2/h5,7,11,13,17,19,23,25,29,31,46,48,54,56,62,64,69-72,74-81,83-85,87-91H,3-4,6,8-10,12,14-16,18,20-22,24,26-28,30,32-45,47,49-53,55,57-61,63,65-68H2,1-2H3,(H,82,86)/b7-5-,13-11-,19-17-,25-23-,31-29-,48-46+,56-54+,64-62+. The first-order chi connectivity index (χ1) is 46.6. The molecule has 9 N–H and O–H groups in total. The lowest BCUT2D eigenvalue weighted by molar-refractivity contribution is -0.359. The number of rotatable bonds is 64. The van der Waals surface area contributed by atoms with Crippen LogP contribution < -0.4 is 5.32 Å². The lowest BCUT2D eigenvalue weighted by Crippen LogP contribution is -2.65. The number of allylic oxidation sites excluding steroid dienone is 15. The maximum atomic E-state index is 13.4. The van der Waals surface area contributed by atoms with Gasteiger partial charge in [-0.1, -0.05) is 317 Å². The summed E-state index contributed by atoms with van der Waals surface area (Å²) in [5, 5.41) is 87.6. The average molecular weight is 1340 g/mol. The van der Waals surface area contributed by atoms with E-state index in [4.69, 9.17) is 18.9 Å². The highest BCUT2D eigenvalue weighted by Gasteiger charge is 2.51. The largest absolute Gasteiger partial charge is 0.394 e. The van der Waals surface area contributed by atoms with Crippen molar-refractivity contribution < 1.29 is 64.6 Å². The molecule has 1 amide bonds. The van der Waals surface area contributed by atoms with Crippen LogP contribution in [0.4, 0.5) is 0 Å². The summed E-state index contributed by atoms with van der Waals surface area (Å²) in [6, 6.07) is -0.945. The zero-order chi connectivity index (χ0) is 68.7. The van der Waals surface area contributed by atoms with E-state index in [1.165, 1.54) is 205 Å². The van der Waals surface area contributed by atoms with Crippen LogP contribution in [0.5, 0.6) is 0 Å². The van der Waals surface area contributed by atoms with Crippen LogP contribution in [0.25, 0.3) is 0 Å². The fourth-order valence-electron chi connectivity index (χ4n) is 12.4. The predicted molar refractivity (Wildman–Crippen MR) is 392 cm³/mol. The minimum Gasteiger partial charge on any atom is -0.394 e. The average Bonchev–Trinajstić information content (AvgIpc) is 0.801. The number of aliphatic hydroxyl groups is 8. The molecule has 0 aromatic carbocycles. The molecular formula is C81H143NO13. The molecule has 2 saturated heterocycles. The molecule has 12 atom stereocenters. The van der Waals surface area contributed by atoms with Crippen molar-refractivity contribution in [3.05, 3.63) is 97.2 Å². The van der Waals surface area contributed by atoms with Crippen molar-refractivity contribution in [3.8, 4) is 0 Å². The molecule has 95 heavy (non-hydrogen) atoms. The minimum absolute atomic E-state index is 0.253. The Hall–Kier alpha value is -3.09. The van der Waals surface area contributed by atoms with Gasteiger partial charge in [0.15, 0.2) is 12.6 Å². The quantitative estimate of drug-likeness (QED) is 0.0204. The van der Waals surface area contributed by atoms with Crippen molar-refractivity contribution >= 4 is 5.91 Å². The first-order valence-corrected chi connectivity index (χ1v) is 39.0. The van der Waals surface area contributed by atoms with E-state index in [1.807, 2.05) is 6.08 Å². The third-order valence-corrected chi connectivity index (χ3v) is 18.5. The molecule has 2 aliphatic rings. The topological polar surface area (TPSA) is 228 Å². The van der Waals surface area contributed by atoms with Gasteiger partial charge < -0.3 is 65.1 Å². The Morgan fingerprint density at radius 2 is 0.737 bits per heavy atom. The van der Waals surface area contributed by atoms with Gasteiger partial charge in [0.2, 0.25) is 5.91 Å². The monoisotopic (exact) mass is 1340 g/mol. The molecule has 550 valence electrons. The number of ether oxygens (including phenoxy) is 4. The Bertz CT molecular complexity index is 1970. The van der Waals surface area contributed by atoms with Crippen LogP contribution in [0.2, 0.25) is 0 Å². The lowest BCUT2D eigenvalue weighted by Gasteiger charge is -2.46. The zero-order valence-corrected chi connectivity index (χ0v) is 60.1. The van der Waals surface area contributed by atoms with Gasteiger partial charge in [-0.05, 0) is 89.9 Å². The Morgan fingerprint density at radius 3 is 1.16 bits per heavy atom. The van der Waals surface area contributed by atoms with Crippen molar-refractivity contribution in [2.45, 2.75) is 389 Å². The summed E-state index contributed by atoms with van der Waals surface area (Å²) in [6.07, 6.45) is 74.8. The van der Waals surface area contributed by atoms with E-state index < -0.39 is 86.8 Å². The number of carbonyl (C=O) groups excluding carboxylic acids is 1. The summed E-state index contributed by atoms with van der Waals surface area (Å²) < 4.78 is 22.9. The summed E-state index contributed by atoms with van der Waals surface area (Å²) in [4.78, 5) is 13.4. The highest BCUT2D eigenvalue weighted by molar-refractivity contribution is 5.76. The molecule has 0 aliphatic carbocycles. The van der Waals surface area contributed by atoms with E-state index in [0.717, 1.165) is 77.0 Å². The molecule has 0 radical (unpaired) electrons. The normalized spacial score (nSPS) is 22.9. The second-order valence-electron chi connectivity index (χ2n) is 27.1. The first kappa shape index (κ1) is 88.0. The fourth-order valence-corrected chi connectivity index (χ4v) is 12.4. The van der Waals surface area contributed by atoms with Gasteiger partial charge >= 0.3 is 0 Å². The number of hydrogen-bond acceptors (Lipinski definition) is 13. The first-order valence-electron chi connectivity index (χ1n) is 39.0. The highest BCUT2D eigenvalue weighted by Crippen LogP contribution is 2.30. The molecule has 14 heteroatoms. The Kier molecular flexibility index (Phi) is 59.6. The van der Waals surface area contributed by atoms with E-state index in [0.29, 0.717) is 12.8 Å². The van der Waals surface area contributed by atoms with Crippen LogP contribution >= 0.6 is 0 Å². The summed E-state index contributed by atoms with van der Waals surface area (Å²) in [6.45, 7) is 2.70. The zero-order valence-electron chi connectivity index (χ0n) is 60.1. The van der Waals surface area contributed by atoms with Gasteiger partial charge in [-0.25, -0.2) is 0 Å². The third kappa shape index (κ3) is 47.6. The molecule has 2 aliphatic heterocycles. The van der Waals surface area contributed by atoms with Crippen molar-refractivity contribution in [1.82, 2.24) is 5.32 Å². The van der Waals surface area contributed by atoms with Crippen LogP contribution in [-0.4, -0.2) is 140 Å². The molecule has 0 aromatic rings. The highest BCUT2D eigenvalue weighted by atomic mass is 16.7. The number of nitrogens with one attached hydrogen (secondary N) is 1. The summed E-state index contributed by atoms with van der Waals surface area (Å²) >= 11 is 0. The van der Waals surface area contributed by atoms with E-state index in [-0.39, 0.29) is 18.9 Å². The van der Waals surface area contributed by atoms with Gasteiger partial charge in [-0.2, -0.15) is 0 Å². The summed E-state index contributed by atoms with van der Waals surface area (Å²) in [5.74, 6) is -0.253. The predicted octanol–water partition coefficient (Wildman–Crippen LogP) is 17.3. The molecule has 0 spiro atoms. The number of amides is 1. The minimum atomic E-state index is -1.80. The van der Waals surface area contributed by atoms with Gasteiger partial charge in [0.25, 0.3) is 0 Å². The van der Waals surface area contributed by atoms with E-state index in [1.54, 1.807) is 6.08 Å². The molecule has 0 saturated carbocycles. The van der Waals surface area contributed by atoms with Crippen molar-refractivity contribution in [2.24, 2.45) is 0 Å². The van der Waals surface area contributed by atoms with E-state index in [2.05, 4.69) is 104 Å². The number of hydrogen-bond donors (Lipinski definition) is 9. The maximum Gasteiger partial charge on any atom is 0.220 e. The van der Waals surface area contributed by atoms with E-state index >= 15 is 0 Å². The van der Waals surface area contributed by atoms with Gasteiger partial charge in [-0.15, -0.1) is 0 Å². The molecule has 2 rings (SSSR count). The van der Waals surface area contributed by atoms with Crippen LogP contribution in [0.1, 0.15) is 316 Å². The van der Waals surface area contributed by atoms with Crippen molar-refractivity contribution in [3.63, 3.8) is 0 Å².